The molecular formula is C24H26F3N3O. The van der Waals surface area contributed by atoms with Gasteiger partial charge in [-0.25, -0.2) is 5.43 Å². The number of carbonyl (C=O) groups excluding carboxylic acids is 1. The number of carbonyl (C=O) groups is 1. The lowest BCUT2D eigenvalue weighted by Gasteiger charge is -2.46. The minimum Gasteiger partial charge on any atom is -0.360 e. The molecule has 0 unspecified atom stereocenters. The van der Waals surface area contributed by atoms with E-state index in [1.165, 1.54) is 18.3 Å². The number of fused-ring (bicyclic) bond motifs is 1. The highest BCUT2D eigenvalue weighted by Gasteiger charge is 2.33. The SMILES string of the molecule is CC1=CC(C)(C)N(C(C)C)c2ccc(/C=N\NC(=O)c3cccc(C(F)(F)F)c3)cc21. The van der Waals surface area contributed by atoms with Gasteiger partial charge in [-0.1, -0.05) is 18.2 Å². The van der Waals surface area contributed by atoms with Crippen molar-refractivity contribution in [3.63, 3.8) is 0 Å². The summed E-state index contributed by atoms with van der Waals surface area (Å²) >= 11 is 0. The molecule has 1 aliphatic rings. The van der Waals surface area contributed by atoms with Crippen LogP contribution >= 0.6 is 0 Å². The topological polar surface area (TPSA) is 44.7 Å². The Labute approximate surface area is 180 Å². The summed E-state index contributed by atoms with van der Waals surface area (Å²) in [5, 5.41) is 3.93. The van der Waals surface area contributed by atoms with Crippen molar-refractivity contribution in [1.29, 1.82) is 0 Å². The Bertz CT molecular complexity index is 1050. The van der Waals surface area contributed by atoms with Crippen molar-refractivity contribution >= 4 is 23.4 Å². The molecule has 2 aromatic carbocycles. The number of alkyl halides is 3. The number of nitrogens with one attached hydrogen (secondary N) is 1. The minimum absolute atomic E-state index is 0.106. The van der Waals surface area contributed by atoms with Crippen LogP contribution in [0, 0.1) is 0 Å². The molecule has 0 fully saturated rings. The highest BCUT2D eigenvalue weighted by molar-refractivity contribution is 5.95. The number of anilines is 1. The van der Waals surface area contributed by atoms with Crippen LogP contribution in [0.3, 0.4) is 0 Å². The molecule has 0 aromatic heterocycles. The minimum atomic E-state index is -4.51. The molecule has 1 aliphatic heterocycles. The first-order valence-electron chi connectivity index (χ1n) is 10.0. The molecule has 0 radical (unpaired) electrons. The number of allylic oxidation sites excluding steroid dienone is 1. The second-order valence-corrected chi connectivity index (χ2v) is 8.50. The normalized spacial score (nSPS) is 15.8. The second kappa shape index (κ2) is 8.21. The molecule has 0 aliphatic carbocycles. The smallest absolute Gasteiger partial charge is 0.360 e. The quantitative estimate of drug-likeness (QED) is 0.487. The molecule has 0 saturated heterocycles. The van der Waals surface area contributed by atoms with E-state index in [4.69, 9.17) is 0 Å². The summed E-state index contributed by atoms with van der Waals surface area (Å²) in [5.41, 5.74) is 5.35. The summed E-state index contributed by atoms with van der Waals surface area (Å²) in [5.74, 6) is -0.705. The van der Waals surface area contributed by atoms with Crippen molar-refractivity contribution in [2.45, 2.75) is 52.4 Å². The van der Waals surface area contributed by atoms with E-state index < -0.39 is 17.6 Å². The Hall–Kier alpha value is -3.09. The van der Waals surface area contributed by atoms with E-state index in [0.717, 1.165) is 34.5 Å². The summed E-state index contributed by atoms with van der Waals surface area (Å²) < 4.78 is 38.5. The van der Waals surface area contributed by atoms with E-state index >= 15 is 0 Å². The van der Waals surface area contributed by atoms with Gasteiger partial charge in [0, 0.05) is 22.9 Å². The van der Waals surface area contributed by atoms with E-state index in [9.17, 15) is 18.0 Å². The zero-order valence-electron chi connectivity index (χ0n) is 18.2. The van der Waals surface area contributed by atoms with Gasteiger partial charge in [0.2, 0.25) is 0 Å². The first-order chi connectivity index (χ1) is 14.4. The number of hydrogen-bond donors (Lipinski definition) is 1. The van der Waals surface area contributed by atoms with Gasteiger partial charge >= 0.3 is 6.18 Å². The van der Waals surface area contributed by atoms with Crippen LogP contribution in [0.25, 0.3) is 5.57 Å². The molecule has 4 nitrogen and oxygen atoms in total. The average molecular weight is 429 g/mol. The Kier molecular flexibility index (Phi) is 5.98. The fourth-order valence-electron chi connectivity index (χ4n) is 4.16. The van der Waals surface area contributed by atoms with Gasteiger partial charge in [-0.05, 0) is 76.1 Å². The van der Waals surface area contributed by atoms with Crippen LogP contribution in [0.15, 0.2) is 53.6 Å². The number of halogens is 3. The second-order valence-electron chi connectivity index (χ2n) is 8.50. The van der Waals surface area contributed by atoms with Gasteiger partial charge in [0.25, 0.3) is 5.91 Å². The van der Waals surface area contributed by atoms with E-state index in [1.54, 1.807) is 0 Å². The van der Waals surface area contributed by atoms with E-state index in [2.05, 4.69) is 56.1 Å². The molecule has 1 N–H and O–H groups in total. The molecule has 2 aromatic rings. The van der Waals surface area contributed by atoms with Gasteiger partial charge in [-0.3, -0.25) is 4.79 Å². The maximum Gasteiger partial charge on any atom is 0.416 e. The molecule has 3 rings (SSSR count). The van der Waals surface area contributed by atoms with Crippen molar-refractivity contribution in [2.24, 2.45) is 5.10 Å². The number of rotatable bonds is 4. The van der Waals surface area contributed by atoms with Gasteiger partial charge in [0.15, 0.2) is 0 Å². The fourth-order valence-corrected chi connectivity index (χ4v) is 4.16. The Morgan fingerprint density at radius 1 is 1.16 bits per heavy atom. The van der Waals surface area contributed by atoms with Crippen LogP contribution in [0.1, 0.15) is 61.7 Å². The maximum atomic E-state index is 12.8. The van der Waals surface area contributed by atoms with Gasteiger partial charge < -0.3 is 4.90 Å². The van der Waals surface area contributed by atoms with Crippen LogP contribution in [-0.4, -0.2) is 23.7 Å². The van der Waals surface area contributed by atoms with Crippen molar-refractivity contribution < 1.29 is 18.0 Å². The monoisotopic (exact) mass is 429 g/mol. The Balaban J connectivity index is 1.79. The lowest BCUT2D eigenvalue weighted by Crippen LogP contribution is -2.49. The number of amides is 1. The van der Waals surface area contributed by atoms with Crippen LogP contribution in [0.5, 0.6) is 0 Å². The Morgan fingerprint density at radius 3 is 2.52 bits per heavy atom. The molecule has 7 heteroatoms. The third-order valence-corrected chi connectivity index (χ3v) is 5.24. The highest BCUT2D eigenvalue weighted by Crippen LogP contribution is 2.40. The van der Waals surface area contributed by atoms with Crippen molar-refractivity contribution in [2.75, 3.05) is 4.90 Å². The number of benzene rings is 2. The molecule has 0 saturated carbocycles. The molecular weight excluding hydrogens is 403 g/mol. The summed E-state index contributed by atoms with van der Waals surface area (Å²) in [6.07, 6.45) is -0.795. The molecule has 1 amide bonds. The molecule has 1 heterocycles. The van der Waals surface area contributed by atoms with Gasteiger partial charge in [-0.15, -0.1) is 0 Å². The van der Waals surface area contributed by atoms with Crippen molar-refractivity contribution in [3.05, 3.63) is 70.8 Å². The van der Waals surface area contributed by atoms with E-state index in [1.807, 2.05) is 18.2 Å². The third kappa shape index (κ3) is 4.81. The molecule has 0 spiro atoms. The zero-order valence-corrected chi connectivity index (χ0v) is 18.2. The summed E-state index contributed by atoms with van der Waals surface area (Å²) in [6, 6.07) is 10.5. The van der Waals surface area contributed by atoms with Gasteiger partial charge in [-0.2, -0.15) is 18.3 Å². The number of hydrogen-bond acceptors (Lipinski definition) is 3. The fraction of sp³-hybridized carbons (Fsp3) is 0.333. The average Bonchev–Trinajstić information content (AvgIpc) is 2.66. The highest BCUT2D eigenvalue weighted by atomic mass is 19.4. The van der Waals surface area contributed by atoms with Crippen LogP contribution in [-0.2, 0) is 6.18 Å². The summed E-state index contributed by atoms with van der Waals surface area (Å²) in [6.45, 7) is 10.7. The maximum absolute atomic E-state index is 12.8. The van der Waals surface area contributed by atoms with Crippen molar-refractivity contribution in [3.8, 4) is 0 Å². The van der Waals surface area contributed by atoms with Crippen molar-refractivity contribution in [1.82, 2.24) is 5.43 Å². The molecule has 0 atom stereocenters. The van der Waals surface area contributed by atoms with Crippen LogP contribution in [0.4, 0.5) is 18.9 Å². The first-order valence-corrected chi connectivity index (χ1v) is 10.0. The predicted octanol–water partition coefficient (Wildman–Crippen LogP) is 5.88. The molecule has 0 bridgehead atoms. The zero-order chi connectivity index (χ0) is 23.0. The molecule has 164 valence electrons. The van der Waals surface area contributed by atoms with Gasteiger partial charge in [0.1, 0.15) is 0 Å². The first kappa shape index (κ1) is 22.6. The Morgan fingerprint density at radius 2 is 1.87 bits per heavy atom. The largest absolute Gasteiger partial charge is 0.416 e. The number of hydrazone groups is 1. The predicted molar refractivity (Wildman–Crippen MR) is 118 cm³/mol. The van der Waals surface area contributed by atoms with Crippen LogP contribution in [0.2, 0.25) is 0 Å². The standard InChI is InChI=1S/C24H26F3N3O/c1-15(2)30-21-10-9-17(11-20(21)16(3)13-23(30,4)5)14-28-29-22(31)18-7-6-8-19(12-18)24(25,26)27/h6-15H,1-5H3,(H,29,31)/b28-14-. The molecule has 31 heavy (non-hydrogen) atoms. The van der Waals surface area contributed by atoms with Gasteiger partial charge in [0.05, 0.1) is 17.3 Å². The van der Waals surface area contributed by atoms with Crippen LogP contribution < -0.4 is 10.3 Å². The summed E-state index contributed by atoms with van der Waals surface area (Å²) in [7, 11) is 0. The third-order valence-electron chi connectivity index (χ3n) is 5.24. The summed E-state index contributed by atoms with van der Waals surface area (Å²) in [4.78, 5) is 14.5. The lowest BCUT2D eigenvalue weighted by molar-refractivity contribution is -0.137. The number of nitrogens with zero attached hydrogens (tertiary/aromatic N) is 2. The van der Waals surface area contributed by atoms with E-state index in [-0.39, 0.29) is 11.1 Å². The lowest BCUT2D eigenvalue weighted by atomic mass is 9.87. The van der Waals surface area contributed by atoms with E-state index in [0.29, 0.717) is 6.04 Å².